The van der Waals surface area contributed by atoms with Gasteiger partial charge in [-0.05, 0) is 54.8 Å². The highest BCUT2D eigenvalue weighted by molar-refractivity contribution is 5.82. The molecule has 5 rings (SSSR count). The van der Waals surface area contributed by atoms with Crippen LogP contribution in [0, 0.1) is 19.7 Å². The smallest absolute Gasteiger partial charge is 0.228 e. The number of carbonyl (C=O) groups is 1. The first kappa shape index (κ1) is 22.3. The highest BCUT2D eigenvalue weighted by atomic mass is 19.1. The van der Waals surface area contributed by atoms with Crippen LogP contribution in [0.4, 0.5) is 4.39 Å². The molecule has 0 spiro atoms. The van der Waals surface area contributed by atoms with E-state index >= 15 is 0 Å². The molecular formula is C28H29FN4O. The average molecular weight is 457 g/mol. The molecule has 0 N–H and O–H groups in total. The number of piperazine rings is 1. The third kappa shape index (κ3) is 4.59. The minimum absolute atomic E-state index is 0.0998. The summed E-state index contributed by atoms with van der Waals surface area (Å²) in [5.41, 5.74) is 6.16. The first-order valence-corrected chi connectivity index (χ1v) is 11.8. The van der Waals surface area contributed by atoms with Crippen molar-refractivity contribution in [3.05, 3.63) is 95.1 Å². The van der Waals surface area contributed by atoms with E-state index in [2.05, 4.69) is 29.2 Å². The molecule has 0 atom stereocenters. The van der Waals surface area contributed by atoms with Gasteiger partial charge in [-0.2, -0.15) is 0 Å². The summed E-state index contributed by atoms with van der Waals surface area (Å²) in [6.07, 6.45) is 2.28. The van der Waals surface area contributed by atoms with Gasteiger partial charge in [0.25, 0.3) is 0 Å². The van der Waals surface area contributed by atoms with Crippen molar-refractivity contribution in [2.24, 2.45) is 0 Å². The summed E-state index contributed by atoms with van der Waals surface area (Å²) >= 11 is 0. The van der Waals surface area contributed by atoms with E-state index in [1.165, 1.54) is 11.6 Å². The fourth-order valence-corrected chi connectivity index (χ4v) is 4.64. The Hall–Kier alpha value is -3.51. The number of hydrogen-bond acceptors (Lipinski definition) is 3. The van der Waals surface area contributed by atoms with E-state index in [1.54, 1.807) is 19.1 Å². The van der Waals surface area contributed by atoms with Crippen molar-refractivity contribution in [1.29, 1.82) is 0 Å². The molecule has 1 saturated heterocycles. The van der Waals surface area contributed by atoms with Crippen molar-refractivity contribution in [2.45, 2.75) is 26.8 Å². The number of pyridine rings is 1. The Morgan fingerprint density at radius 1 is 0.971 bits per heavy atom. The summed E-state index contributed by atoms with van der Waals surface area (Å²) in [5, 5.41) is 0. The second-order valence-corrected chi connectivity index (χ2v) is 9.13. The number of hydrogen-bond donors (Lipinski definition) is 0. The number of carbonyl (C=O) groups excluding carboxylic acids is 1. The molecule has 2 aromatic carbocycles. The van der Waals surface area contributed by atoms with Crippen LogP contribution in [-0.4, -0.2) is 51.3 Å². The normalized spacial score (nSPS) is 14.6. The number of nitrogens with zero attached hydrogens (tertiary/aromatic N) is 4. The second kappa shape index (κ2) is 9.39. The van der Waals surface area contributed by atoms with Gasteiger partial charge in [0.05, 0.1) is 17.8 Å². The van der Waals surface area contributed by atoms with Gasteiger partial charge < -0.3 is 9.30 Å². The fourth-order valence-electron chi connectivity index (χ4n) is 4.64. The maximum Gasteiger partial charge on any atom is 0.228 e. The minimum Gasteiger partial charge on any atom is -0.340 e. The number of rotatable bonds is 5. The molecule has 1 amide bonds. The fraction of sp³-hybridized carbons (Fsp3) is 0.286. The molecule has 3 heterocycles. The van der Waals surface area contributed by atoms with Crippen molar-refractivity contribution >= 4 is 11.6 Å². The number of aromatic nitrogens is 2. The van der Waals surface area contributed by atoms with Gasteiger partial charge in [0, 0.05) is 44.5 Å². The molecule has 2 aromatic heterocycles. The molecule has 0 aliphatic carbocycles. The molecule has 1 fully saturated rings. The van der Waals surface area contributed by atoms with Crippen LogP contribution in [0.15, 0.2) is 66.9 Å². The summed E-state index contributed by atoms with van der Waals surface area (Å²) in [4.78, 5) is 22.5. The molecule has 5 nitrogen and oxygen atoms in total. The van der Waals surface area contributed by atoms with Gasteiger partial charge >= 0.3 is 0 Å². The van der Waals surface area contributed by atoms with E-state index in [-0.39, 0.29) is 18.1 Å². The third-order valence-corrected chi connectivity index (χ3v) is 6.59. The van der Waals surface area contributed by atoms with E-state index in [4.69, 9.17) is 4.98 Å². The zero-order valence-corrected chi connectivity index (χ0v) is 19.7. The summed E-state index contributed by atoms with van der Waals surface area (Å²) in [6, 6.07) is 19.4. The SMILES string of the molecule is Cc1ccc2nc(-c3ccc(F)c(C)c3)c(CC(=O)N3CCN(Cc4ccccc4)CC3)n2c1. The standard InChI is InChI=1S/C28H29FN4O/c1-20-8-11-26-30-28(23-9-10-24(29)21(2)16-23)25(33(26)18-20)17-27(34)32-14-12-31(13-15-32)19-22-6-4-3-5-7-22/h3-11,16,18H,12-15,17,19H2,1-2H3. The Balaban J connectivity index is 1.36. The Morgan fingerprint density at radius 2 is 1.74 bits per heavy atom. The average Bonchev–Trinajstić information content (AvgIpc) is 3.19. The van der Waals surface area contributed by atoms with Gasteiger partial charge in [0.15, 0.2) is 0 Å². The molecule has 0 radical (unpaired) electrons. The summed E-state index contributed by atoms with van der Waals surface area (Å²) in [7, 11) is 0. The molecule has 174 valence electrons. The highest BCUT2D eigenvalue weighted by Crippen LogP contribution is 2.27. The number of imidazole rings is 1. The molecule has 0 unspecified atom stereocenters. The van der Waals surface area contributed by atoms with Crippen LogP contribution in [0.25, 0.3) is 16.9 Å². The third-order valence-electron chi connectivity index (χ3n) is 6.59. The van der Waals surface area contributed by atoms with Crippen LogP contribution in [0.3, 0.4) is 0 Å². The molecule has 0 bridgehead atoms. The first-order chi connectivity index (χ1) is 16.5. The summed E-state index contributed by atoms with van der Waals surface area (Å²) in [5.74, 6) is -0.142. The van der Waals surface area contributed by atoms with E-state index in [1.807, 2.05) is 40.6 Å². The van der Waals surface area contributed by atoms with Gasteiger partial charge in [-0.3, -0.25) is 9.69 Å². The van der Waals surface area contributed by atoms with Gasteiger partial charge in [-0.15, -0.1) is 0 Å². The second-order valence-electron chi connectivity index (χ2n) is 9.13. The Bertz CT molecular complexity index is 1320. The van der Waals surface area contributed by atoms with Crippen LogP contribution in [0.1, 0.15) is 22.4 Å². The Morgan fingerprint density at radius 3 is 2.47 bits per heavy atom. The monoisotopic (exact) mass is 456 g/mol. The molecular weight excluding hydrogens is 427 g/mol. The Kier molecular flexibility index (Phi) is 6.16. The van der Waals surface area contributed by atoms with E-state index in [9.17, 15) is 9.18 Å². The number of aryl methyl sites for hydroxylation is 2. The Labute approximate surface area is 199 Å². The van der Waals surface area contributed by atoms with Crippen molar-refractivity contribution in [3.63, 3.8) is 0 Å². The molecule has 6 heteroatoms. The molecule has 34 heavy (non-hydrogen) atoms. The van der Waals surface area contributed by atoms with Crippen LogP contribution in [0.2, 0.25) is 0 Å². The van der Waals surface area contributed by atoms with Gasteiger partial charge in [0.1, 0.15) is 11.5 Å². The van der Waals surface area contributed by atoms with Gasteiger partial charge in [-0.25, -0.2) is 9.37 Å². The molecule has 1 aliphatic rings. The van der Waals surface area contributed by atoms with Crippen LogP contribution in [0.5, 0.6) is 0 Å². The number of amides is 1. The number of benzene rings is 2. The quantitative estimate of drug-likeness (QED) is 0.439. The molecule has 1 aliphatic heterocycles. The van der Waals surface area contributed by atoms with E-state index in [0.29, 0.717) is 18.7 Å². The maximum atomic E-state index is 13.9. The van der Waals surface area contributed by atoms with Crippen LogP contribution in [-0.2, 0) is 17.8 Å². The van der Waals surface area contributed by atoms with Crippen molar-refractivity contribution in [3.8, 4) is 11.3 Å². The van der Waals surface area contributed by atoms with Crippen LogP contribution >= 0.6 is 0 Å². The number of fused-ring (bicyclic) bond motifs is 1. The predicted octanol–water partition coefficient (Wildman–Crippen LogP) is 4.64. The zero-order valence-electron chi connectivity index (χ0n) is 19.7. The van der Waals surface area contributed by atoms with Crippen LogP contribution < -0.4 is 0 Å². The van der Waals surface area contributed by atoms with Crippen molar-refractivity contribution in [2.75, 3.05) is 26.2 Å². The molecule has 0 saturated carbocycles. The topological polar surface area (TPSA) is 40.9 Å². The van der Waals surface area contributed by atoms with Gasteiger partial charge in [0.2, 0.25) is 5.91 Å². The predicted molar refractivity (Wildman–Crippen MR) is 132 cm³/mol. The van der Waals surface area contributed by atoms with E-state index in [0.717, 1.165) is 47.8 Å². The van der Waals surface area contributed by atoms with Crippen molar-refractivity contribution < 1.29 is 9.18 Å². The van der Waals surface area contributed by atoms with Crippen molar-refractivity contribution in [1.82, 2.24) is 19.2 Å². The summed E-state index contributed by atoms with van der Waals surface area (Å²) in [6.45, 7) is 7.83. The van der Waals surface area contributed by atoms with E-state index < -0.39 is 0 Å². The van der Waals surface area contributed by atoms with Gasteiger partial charge in [-0.1, -0.05) is 36.4 Å². The first-order valence-electron chi connectivity index (χ1n) is 11.8. The lowest BCUT2D eigenvalue weighted by Gasteiger charge is -2.34. The largest absolute Gasteiger partial charge is 0.340 e. The lowest BCUT2D eigenvalue weighted by atomic mass is 10.0. The maximum absolute atomic E-state index is 13.9. The molecule has 4 aromatic rings. The minimum atomic E-state index is -0.241. The summed E-state index contributed by atoms with van der Waals surface area (Å²) < 4.78 is 15.9. The lowest BCUT2D eigenvalue weighted by Crippen LogP contribution is -2.48. The highest BCUT2D eigenvalue weighted by Gasteiger charge is 2.24. The lowest BCUT2D eigenvalue weighted by molar-refractivity contribution is -0.132. The number of halogens is 1. The zero-order chi connectivity index (χ0) is 23.7.